The molecule has 0 radical (unpaired) electrons. The first kappa shape index (κ1) is 22.8. The Morgan fingerprint density at radius 3 is 2.34 bits per heavy atom. The largest absolute Gasteiger partial charge is 0.484 e. The standard InChI is InChI=1S/C23H18F4N2O3/c1-14-5-8-17(24)12-20(14)29-22(31)15-6-9-19(10-7-15)32-13-21(30)28-18-4-2-3-16(11-18)23(25,26)27/h2-12H,13H2,1H3,(H,28,30)(H,29,31). The van der Waals surface area contributed by atoms with Crippen LogP contribution in [-0.4, -0.2) is 18.4 Å². The van der Waals surface area contributed by atoms with Crippen molar-refractivity contribution in [2.24, 2.45) is 0 Å². The maximum absolute atomic E-state index is 13.4. The molecule has 32 heavy (non-hydrogen) atoms. The van der Waals surface area contributed by atoms with Gasteiger partial charge in [-0.15, -0.1) is 0 Å². The first-order chi connectivity index (χ1) is 15.1. The van der Waals surface area contributed by atoms with Crippen LogP contribution in [0.25, 0.3) is 0 Å². The van der Waals surface area contributed by atoms with Crippen molar-refractivity contribution in [3.05, 3.63) is 89.2 Å². The van der Waals surface area contributed by atoms with Crippen LogP contribution >= 0.6 is 0 Å². The molecular formula is C23H18F4N2O3. The molecule has 0 heterocycles. The van der Waals surface area contributed by atoms with Crippen LogP contribution in [0.1, 0.15) is 21.5 Å². The molecule has 0 aromatic heterocycles. The van der Waals surface area contributed by atoms with Crippen LogP contribution in [0.2, 0.25) is 0 Å². The van der Waals surface area contributed by atoms with E-state index in [1.54, 1.807) is 13.0 Å². The Morgan fingerprint density at radius 2 is 1.66 bits per heavy atom. The van der Waals surface area contributed by atoms with Gasteiger partial charge in [0.1, 0.15) is 11.6 Å². The summed E-state index contributed by atoms with van der Waals surface area (Å²) in [5, 5.41) is 4.95. The Morgan fingerprint density at radius 1 is 0.938 bits per heavy atom. The van der Waals surface area contributed by atoms with Gasteiger partial charge in [0.25, 0.3) is 11.8 Å². The highest BCUT2D eigenvalue weighted by Gasteiger charge is 2.30. The summed E-state index contributed by atoms with van der Waals surface area (Å²) in [7, 11) is 0. The van der Waals surface area contributed by atoms with Gasteiger partial charge in [-0.25, -0.2) is 4.39 Å². The molecule has 0 saturated heterocycles. The first-order valence-corrected chi connectivity index (χ1v) is 9.39. The molecule has 0 unspecified atom stereocenters. The van der Waals surface area contributed by atoms with E-state index in [1.165, 1.54) is 48.5 Å². The number of hydrogen-bond donors (Lipinski definition) is 2. The van der Waals surface area contributed by atoms with Gasteiger partial charge in [-0.1, -0.05) is 12.1 Å². The van der Waals surface area contributed by atoms with Crippen LogP contribution in [0.3, 0.4) is 0 Å². The van der Waals surface area contributed by atoms with E-state index in [9.17, 15) is 27.2 Å². The smallest absolute Gasteiger partial charge is 0.416 e. The molecule has 3 aromatic carbocycles. The predicted octanol–water partition coefficient (Wildman–Crippen LogP) is 5.42. The lowest BCUT2D eigenvalue weighted by Gasteiger charge is -2.11. The van der Waals surface area contributed by atoms with Crippen LogP contribution in [0.5, 0.6) is 5.75 Å². The fraction of sp³-hybridized carbons (Fsp3) is 0.130. The van der Waals surface area contributed by atoms with Gasteiger partial charge in [0.2, 0.25) is 0 Å². The number of alkyl halides is 3. The number of ether oxygens (including phenoxy) is 1. The topological polar surface area (TPSA) is 67.4 Å². The number of carbonyl (C=O) groups excluding carboxylic acids is 2. The third-order valence-electron chi connectivity index (χ3n) is 4.41. The fourth-order valence-electron chi connectivity index (χ4n) is 2.75. The summed E-state index contributed by atoms with van der Waals surface area (Å²) in [6, 6.07) is 14.2. The lowest BCUT2D eigenvalue weighted by molar-refractivity contribution is -0.137. The number of nitrogens with one attached hydrogen (secondary N) is 2. The molecule has 2 amide bonds. The van der Waals surface area contributed by atoms with Crippen molar-refractivity contribution < 1.29 is 31.9 Å². The lowest BCUT2D eigenvalue weighted by atomic mass is 10.1. The van der Waals surface area contributed by atoms with E-state index in [-0.39, 0.29) is 17.0 Å². The minimum atomic E-state index is -4.52. The maximum Gasteiger partial charge on any atom is 0.416 e. The number of hydrogen-bond acceptors (Lipinski definition) is 3. The average Bonchev–Trinajstić information content (AvgIpc) is 2.75. The van der Waals surface area contributed by atoms with E-state index >= 15 is 0 Å². The monoisotopic (exact) mass is 446 g/mol. The zero-order chi connectivity index (χ0) is 23.3. The van der Waals surface area contributed by atoms with Gasteiger partial charge < -0.3 is 15.4 Å². The van der Waals surface area contributed by atoms with Gasteiger partial charge >= 0.3 is 6.18 Å². The quantitative estimate of drug-likeness (QED) is 0.497. The minimum Gasteiger partial charge on any atom is -0.484 e. The van der Waals surface area contributed by atoms with E-state index < -0.39 is 36.0 Å². The van der Waals surface area contributed by atoms with Crippen molar-refractivity contribution in [1.82, 2.24) is 0 Å². The van der Waals surface area contributed by atoms with Crippen LogP contribution in [0, 0.1) is 12.7 Å². The van der Waals surface area contributed by atoms with Crippen molar-refractivity contribution >= 4 is 23.2 Å². The molecule has 0 bridgehead atoms. The highest BCUT2D eigenvalue weighted by Crippen LogP contribution is 2.30. The second-order valence-electron chi connectivity index (χ2n) is 6.85. The van der Waals surface area contributed by atoms with Gasteiger partial charge in [0.05, 0.1) is 5.56 Å². The molecule has 3 rings (SSSR count). The van der Waals surface area contributed by atoms with Crippen molar-refractivity contribution in [3.8, 4) is 5.75 Å². The van der Waals surface area contributed by atoms with Crippen LogP contribution < -0.4 is 15.4 Å². The molecule has 9 heteroatoms. The summed E-state index contributed by atoms with van der Waals surface area (Å²) < 4.78 is 56.9. The number of anilines is 2. The molecule has 0 spiro atoms. The summed E-state index contributed by atoms with van der Waals surface area (Å²) in [4.78, 5) is 24.3. The van der Waals surface area contributed by atoms with E-state index in [4.69, 9.17) is 4.74 Å². The molecule has 5 nitrogen and oxygen atoms in total. The van der Waals surface area contributed by atoms with Crippen molar-refractivity contribution in [2.75, 3.05) is 17.2 Å². The number of benzene rings is 3. The number of halogens is 4. The zero-order valence-electron chi connectivity index (χ0n) is 16.8. The van der Waals surface area contributed by atoms with Crippen LogP contribution in [-0.2, 0) is 11.0 Å². The second-order valence-corrected chi connectivity index (χ2v) is 6.85. The second kappa shape index (κ2) is 9.51. The van der Waals surface area contributed by atoms with Gasteiger partial charge in [0.15, 0.2) is 6.61 Å². The Bertz CT molecular complexity index is 1130. The molecule has 0 aliphatic carbocycles. The van der Waals surface area contributed by atoms with E-state index in [2.05, 4.69) is 10.6 Å². The maximum atomic E-state index is 13.4. The summed E-state index contributed by atoms with van der Waals surface area (Å²) in [5.41, 5.74) is 0.453. The third-order valence-corrected chi connectivity index (χ3v) is 4.41. The van der Waals surface area contributed by atoms with E-state index in [0.717, 1.165) is 12.1 Å². The van der Waals surface area contributed by atoms with Gasteiger partial charge in [-0.3, -0.25) is 9.59 Å². The van der Waals surface area contributed by atoms with Gasteiger partial charge in [-0.05, 0) is 67.1 Å². The molecule has 2 N–H and O–H groups in total. The van der Waals surface area contributed by atoms with E-state index in [0.29, 0.717) is 11.3 Å². The third kappa shape index (κ3) is 6.07. The SMILES string of the molecule is Cc1ccc(F)cc1NC(=O)c1ccc(OCC(=O)Nc2cccc(C(F)(F)F)c2)cc1. The van der Waals surface area contributed by atoms with Crippen molar-refractivity contribution in [3.63, 3.8) is 0 Å². The molecule has 0 aliphatic heterocycles. The molecule has 0 fully saturated rings. The van der Waals surface area contributed by atoms with Crippen molar-refractivity contribution in [1.29, 1.82) is 0 Å². The van der Waals surface area contributed by atoms with Crippen LogP contribution in [0.4, 0.5) is 28.9 Å². The lowest BCUT2D eigenvalue weighted by Crippen LogP contribution is -2.20. The fourth-order valence-corrected chi connectivity index (χ4v) is 2.75. The molecular weight excluding hydrogens is 428 g/mol. The average molecular weight is 446 g/mol. The Hall–Kier alpha value is -3.88. The highest BCUT2D eigenvalue weighted by atomic mass is 19.4. The number of aryl methyl sites for hydroxylation is 1. The Balaban J connectivity index is 1.55. The minimum absolute atomic E-state index is 0.00640. The van der Waals surface area contributed by atoms with Crippen molar-refractivity contribution in [2.45, 2.75) is 13.1 Å². The predicted molar refractivity (Wildman–Crippen MR) is 111 cm³/mol. The van der Waals surface area contributed by atoms with Gasteiger partial charge in [-0.2, -0.15) is 13.2 Å². The zero-order valence-corrected chi connectivity index (χ0v) is 16.8. The summed E-state index contributed by atoms with van der Waals surface area (Å²) in [5.74, 6) is -1.29. The number of rotatable bonds is 6. The summed E-state index contributed by atoms with van der Waals surface area (Å²) in [6.07, 6.45) is -4.52. The van der Waals surface area contributed by atoms with Gasteiger partial charge in [0, 0.05) is 16.9 Å². The summed E-state index contributed by atoms with van der Waals surface area (Å²) >= 11 is 0. The normalized spacial score (nSPS) is 11.0. The molecule has 3 aromatic rings. The number of amides is 2. The molecule has 166 valence electrons. The summed E-state index contributed by atoms with van der Waals surface area (Å²) in [6.45, 7) is 1.29. The molecule has 0 atom stereocenters. The number of carbonyl (C=O) groups is 2. The molecule has 0 saturated carbocycles. The highest BCUT2D eigenvalue weighted by molar-refractivity contribution is 6.04. The van der Waals surface area contributed by atoms with Crippen LogP contribution in [0.15, 0.2) is 66.7 Å². The first-order valence-electron chi connectivity index (χ1n) is 9.39. The molecule has 0 aliphatic rings. The Labute approximate surface area is 181 Å². The Kier molecular flexibility index (Phi) is 6.77. The van der Waals surface area contributed by atoms with E-state index in [1.807, 2.05) is 0 Å².